The van der Waals surface area contributed by atoms with Crippen LogP contribution >= 0.6 is 0 Å². The summed E-state index contributed by atoms with van der Waals surface area (Å²) in [5, 5.41) is 0.788. The molecule has 0 N–H and O–H groups in total. The van der Waals surface area contributed by atoms with E-state index in [0.717, 1.165) is 31.3 Å². The Balaban J connectivity index is 1.41. The number of amides is 1. The smallest absolute Gasteiger partial charge is 0.342 e. The average Bonchev–Trinajstić information content (AvgIpc) is 3.11. The minimum Gasteiger partial charge on any atom is -0.462 e. The van der Waals surface area contributed by atoms with E-state index in [1.165, 1.54) is 0 Å². The SMILES string of the molecule is CCOC(=O)c1c(CN2CCC(C(=O)N3CC(C)OC(C)C3)CC2)oc2ccccc12. The Morgan fingerprint density at radius 1 is 1.10 bits per heavy atom. The summed E-state index contributed by atoms with van der Waals surface area (Å²) in [6.07, 6.45) is 1.80. The molecule has 1 aromatic carbocycles. The monoisotopic (exact) mass is 428 g/mol. The molecule has 7 nitrogen and oxygen atoms in total. The molecule has 0 bridgehead atoms. The van der Waals surface area contributed by atoms with Crippen molar-refractivity contribution in [3.05, 3.63) is 35.6 Å². The van der Waals surface area contributed by atoms with Gasteiger partial charge in [0.15, 0.2) is 0 Å². The van der Waals surface area contributed by atoms with E-state index < -0.39 is 0 Å². The Kier molecular flexibility index (Phi) is 6.62. The zero-order valence-electron chi connectivity index (χ0n) is 18.6. The molecule has 1 amide bonds. The fourth-order valence-corrected chi connectivity index (χ4v) is 4.79. The molecule has 2 atom stereocenters. The largest absolute Gasteiger partial charge is 0.462 e. The summed E-state index contributed by atoms with van der Waals surface area (Å²) < 4.78 is 17.1. The van der Waals surface area contributed by atoms with Crippen molar-refractivity contribution in [2.75, 3.05) is 32.8 Å². The average molecular weight is 429 g/mol. The van der Waals surface area contributed by atoms with Crippen LogP contribution in [-0.2, 0) is 20.8 Å². The number of rotatable bonds is 5. The molecule has 0 spiro atoms. The van der Waals surface area contributed by atoms with Gasteiger partial charge in [-0.1, -0.05) is 18.2 Å². The van der Waals surface area contributed by atoms with Crippen LogP contribution in [0.1, 0.15) is 49.7 Å². The van der Waals surface area contributed by atoms with Gasteiger partial charge in [0.05, 0.1) is 25.4 Å². The quantitative estimate of drug-likeness (QED) is 0.679. The normalized spacial score (nSPS) is 23.3. The Hall–Kier alpha value is -2.38. The highest BCUT2D eigenvalue weighted by Crippen LogP contribution is 2.29. The van der Waals surface area contributed by atoms with Crippen molar-refractivity contribution in [3.8, 4) is 0 Å². The molecule has 2 aliphatic rings. The summed E-state index contributed by atoms with van der Waals surface area (Å²) in [7, 11) is 0. The minimum absolute atomic E-state index is 0.0500. The third kappa shape index (κ3) is 4.77. The van der Waals surface area contributed by atoms with Crippen LogP contribution in [0.2, 0.25) is 0 Å². The Morgan fingerprint density at radius 3 is 2.45 bits per heavy atom. The van der Waals surface area contributed by atoms with Gasteiger partial charge in [0.25, 0.3) is 0 Å². The van der Waals surface area contributed by atoms with E-state index >= 15 is 0 Å². The fraction of sp³-hybridized carbons (Fsp3) is 0.583. The van der Waals surface area contributed by atoms with E-state index in [9.17, 15) is 9.59 Å². The van der Waals surface area contributed by atoms with Gasteiger partial charge in [-0.25, -0.2) is 4.79 Å². The maximum Gasteiger partial charge on any atom is 0.342 e. The van der Waals surface area contributed by atoms with Gasteiger partial charge in [-0.2, -0.15) is 0 Å². The molecule has 2 unspecified atom stereocenters. The Morgan fingerprint density at radius 2 is 1.77 bits per heavy atom. The van der Waals surface area contributed by atoms with Crippen molar-refractivity contribution in [1.82, 2.24) is 9.80 Å². The van der Waals surface area contributed by atoms with Gasteiger partial charge in [-0.3, -0.25) is 9.69 Å². The highest BCUT2D eigenvalue weighted by molar-refractivity contribution is 6.04. The third-order valence-corrected chi connectivity index (χ3v) is 6.18. The molecule has 4 rings (SSSR count). The summed E-state index contributed by atoms with van der Waals surface area (Å²) >= 11 is 0. The maximum atomic E-state index is 13.0. The highest BCUT2D eigenvalue weighted by Gasteiger charge is 2.33. The van der Waals surface area contributed by atoms with Crippen LogP contribution in [0, 0.1) is 5.92 Å². The molecule has 168 valence electrons. The second-order valence-electron chi connectivity index (χ2n) is 8.67. The lowest BCUT2D eigenvalue weighted by Crippen LogP contribution is -2.51. The molecule has 0 aliphatic carbocycles. The third-order valence-electron chi connectivity index (χ3n) is 6.18. The number of piperidine rings is 1. The fourth-order valence-electron chi connectivity index (χ4n) is 4.79. The number of carbonyl (C=O) groups excluding carboxylic acids is 2. The molecule has 0 saturated carbocycles. The Bertz CT molecular complexity index is 921. The summed E-state index contributed by atoms with van der Waals surface area (Å²) in [6.45, 7) is 9.64. The molecule has 2 saturated heterocycles. The number of nitrogens with zero attached hydrogens (tertiary/aromatic N) is 2. The van der Waals surface area contributed by atoms with E-state index in [-0.39, 0.29) is 30.0 Å². The predicted octanol–water partition coefficient (Wildman–Crippen LogP) is 3.46. The summed E-state index contributed by atoms with van der Waals surface area (Å²) in [5.74, 6) is 0.592. The van der Waals surface area contributed by atoms with Crippen LogP contribution in [-0.4, -0.2) is 66.7 Å². The van der Waals surface area contributed by atoms with Crippen LogP contribution in [0.25, 0.3) is 11.0 Å². The molecular formula is C24H32N2O5. The molecule has 2 aliphatic heterocycles. The summed E-state index contributed by atoms with van der Waals surface area (Å²) in [6, 6.07) is 7.56. The van der Waals surface area contributed by atoms with Crippen LogP contribution in [0.3, 0.4) is 0 Å². The number of furan rings is 1. The summed E-state index contributed by atoms with van der Waals surface area (Å²) in [5.41, 5.74) is 1.22. The number of ether oxygens (including phenoxy) is 2. The number of likely N-dealkylation sites (tertiary alicyclic amines) is 1. The van der Waals surface area contributed by atoms with Crippen LogP contribution in [0.5, 0.6) is 0 Å². The predicted molar refractivity (Wildman–Crippen MR) is 117 cm³/mol. The van der Waals surface area contributed by atoms with Gasteiger partial charge in [-0.15, -0.1) is 0 Å². The van der Waals surface area contributed by atoms with Crippen LogP contribution in [0.4, 0.5) is 0 Å². The van der Waals surface area contributed by atoms with Crippen molar-refractivity contribution >= 4 is 22.8 Å². The molecule has 2 aromatic rings. The van der Waals surface area contributed by atoms with E-state index in [0.29, 0.717) is 43.1 Å². The molecule has 7 heteroatoms. The number of carbonyl (C=O) groups is 2. The van der Waals surface area contributed by atoms with E-state index in [4.69, 9.17) is 13.9 Å². The van der Waals surface area contributed by atoms with Crippen LogP contribution in [0.15, 0.2) is 28.7 Å². The molecule has 31 heavy (non-hydrogen) atoms. The lowest BCUT2D eigenvalue weighted by molar-refractivity contribution is -0.148. The van der Waals surface area contributed by atoms with Gasteiger partial charge >= 0.3 is 5.97 Å². The summed E-state index contributed by atoms with van der Waals surface area (Å²) in [4.78, 5) is 29.8. The zero-order chi connectivity index (χ0) is 22.0. The first-order valence-corrected chi connectivity index (χ1v) is 11.3. The number of morpholine rings is 1. The minimum atomic E-state index is -0.344. The first-order valence-electron chi connectivity index (χ1n) is 11.3. The lowest BCUT2D eigenvalue weighted by atomic mass is 9.94. The van der Waals surface area contributed by atoms with Gasteiger partial charge in [-0.05, 0) is 52.8 Å². The van der Waals surface area contributed by atoms with Crippen molar-refractivity contribution in [3.63, 3.8) is 0 Å². The van der Waals surface area contributed by atoms with Crippen molar-refractivity contribution in [1.29, 1.82) is 0 Å². The molecular weight excluding hydrogens is 396 g/mol. The number of benzene rings is 1. The number of hydrogen-bond acceptors (Lipinski definition) is 6. The van der Waals surface area contributed by atoms with Gasteiger partial charge in [0.2, 0.25) is 5.91 Å². The second-order valence-corrected chi connectivity index (χ2v) is 8.67. The molecule has 1 aromatic heterocycles. The number of para-hydroxylation sites is 1. The van der Waals surface area contributed by atoms with Crippen molar-refractivity contribution in [2.45, 2.75) is 52.4 Å². The van der Waals surface area contributed by atoms with Crippen LogP contribution < -0.4 is 0 Å². The topological polar surface area (TPSA) is 72.2 Å². The number of fused-ring (bicyclic) bond motifs is 1. The number of esters is 1. The van der Waals surface area contributed by atoms with Crippen molar-refractivity contribution < 1.29 is 23.5 Å². The Labute approximate surface area is 183 Å². The van der Waals surface area contributed by atoms with E-state index in [1.54, 1.807) is 6.92 Å². The first kappa shape index (κ1) is 21.8. The number of hydrogen-bond donors (Lipinski definition) is 0. The zero-order valence-corrected chi connectivity index (χ0v) is 18.6. The maximum absolute atomic E-state index is 13.0. The van der Waals surface area contributed by atoms with Gasteiger partial charge in [0.1, 0.15) is 16.9 Å². The first-order chi connectivity index (χ1) is 15.0. The molecule has 2 fully saturated rings. The van der Waals surface area contributed by atoms with Gasteiger partial charge in [0, 0.05) is 24.4 Å². The highest BCUT2D eigenvalue weighted by atomic mass is 16.5. The molecule has 3 heterocycles. The lowest BCUT2D eigenvalue weighted by Gasteiger charge is -2.39. The molecule has 0 radical (unpaired) electrons. The standard InChI is InChI=1S/C24H32N2O5/c1-4-29-24(28)22-19-7-5-6-8-20(19)31-21(22)15-25-11-9-18(10-12-25)23(27)26-13-16(2)30-17(3)14-26/h5-8,16-18H,4,9-15H2,1-3H3. The van der Waals surface area contributed by atoms with Gasteiger partial charge < -0.3 is 18.8 Å². The second kappa shape index (κ2) is 9.40. The van der Waals surface area contributed by atoms with Crippen molar-refractivity contribution in [2.24, 2.45) is 5.92 Å². The van der Waals surface area contributed by atoms with E-state index in [1.807, 2.05) is 43.0 Å². The van der Waals surface area contributed by atoms with E-state index in [2.05, 4.69) is 4.90 Å².